The van der Waals surface area contributed by atoms with Gasteiger partial charge in [0.05, 0.1) is 12.2 Å². The maximum atomic E-state index is 10.9. The Bertz CT molecular complexity index is 376. The minimum atomic E-state index is -0.960. The summed E-state index contributed by atoms with van der Waals surface area (Å²) < 4.78 is 5.48. The predicted octanol–water partition coefficient (Wildman–Crippen LogP) is 1.58. The molecule has 0 saturated carbocycles. The van der Waals surface area contributed by atoms with E-state index < -0.39 is 5.97 Å². The van der Waals surface area contributed by atoms with Gasteiger partial charge in [0.1, 0.15) is 11.7 Å². The van der Waals surface area contributed by atoms with Crippen LogP contribution in [-0.2, 0) is 0 Å². The van der Waals surface area contributed by atoms with Crippen molar-refractivity contribution in [3.63, 3.8) is 0 Å². The summed E-state index contributed by atoms with van der Waals surface area (Å²) in [5.41, 5.74) is 0.963. The van der Waals surface area contributed by atoms with Crippen LogP contribution < -0.4 is 10.1 Å². The van der Waals surface area contributed by atoms with Crippen molar-refractivity contribution in [2.45, 2.75) is 13.0 Å². The van der Waals surface area contributed by atoms with Gasteiger partial charge < -0.3 is 15.2 Å². The van der Waals surface area contributed by atoms with E-state index in [2.05, 4.69) is 5.32 Å². The number of fused-ring (bicyclic) bond motifs is 1. The van der Waals surface area contributed by atoms with Crippen LogP contribution in [0.2, 0.25) is 0 Å². The SMILES string of the molecule is CC1CNc2cccc(C(=O)O)c2O1. The molecule has 1 aromatic carbocycles. The van der Waals surface area contributed by atoms with E-state index in [1.54, 1.807) is 12.1 Å². The summed E-state index contributed by atoms with van der Waals surface area (Å²) in [7, 11) is 0. The van der Waals surface area contributed by atoms with E-state index in [9.17, 15) is 4.79 Å². The highest BCUT2D eigenvalue weighted by atomic mass is 16.5. The Hall–Kier alpha value is -1.71. The highest BCUT2D eigenvalue weighted by molar-refractivity contribution is 5.93. The number of carbonyl (C=O) groups is 1. The Balaban J connectivity index is 2.48. The molecule has 1 aliphatic heterocycles. The molecule has 1 unspecified atom stereocenters. The molecule has 0 spiro atoms. The first-order valence-corrected chi connectivity index (χ1v) is 4.45. The average molecular weight is 193 g/mol. The molecule has 74 valence electrons. The molecule has 4 nitrogen and oxygen atoms in total. The molecule has 1 aromatic rings. The number of hydrogen-bond donors (Lipinski definition) is 2. The summed E-state index contributed by atoms with van der Waals surface area (Å²) in [5, 5.41) is 12.0. The van der Waals surface area contributed by atoms with Crippen LogP contribution in [-0.4, -0.2) is 23.7 Å². The molecule has 14 heavy (non-hydrogen) atoms. The van der Waals surface area contributed by atoms with Gasteiger partial charge in [-0.1, -0.05) is 6.07 Å². The zero-order valence-corrected chi connectivity index (χ0v) is 7.78. The third-order valence-electron chi connectivity index (χ3n) is 2.14. The zero-order chi connectivity index (χ0) is 10.1. The van der Waals surface area contributed by atoms with Gasteiger partial charge in [0, 0.05) is 0 Å². The summed E-state index contributed by atoms with van der Waals surface area (Å²) in [6, 6.07) is 5.06. The molecule has 0 saturated heterocycles. The number of para-hydroxylation sites is 1. The summed E-state index contributed by atoms with van der Waals surface area (Å²) in [6.07, 6.45) is 0.00278. The van der Waals surface area contributed by atoms with Crippen LogP contribution in [0.1, 0.15) is 17.3 Å². The molecule has 2 N–H and O–H groups in total. The number of anilines is 1. The smallest absolute Gasteiger partial charge is 0.339 e. The molecule has 4 heteroatoms. The molecule has 0 fully saturated rings. The third kappa shape index (κ3) is 1.39. The van der Waals surface area contributed by atoms with Crippen LogP contribution in [0.3, 0.4) is 0 Å². The predicted molar refractivity (Wildman–Crippen MR) is 52.0 cm³/mol. The Morgan fingerprint density at radius 2 is 2.43 bits per heavy atom. The molecule has 0 aliphatic carbocycles. The number of hydrogen-bond acceptors (Lipinski definition) is 3. The van der Waals surface area contributed by atoms with E-state index in [1.807, 2.05) is 13.0 Å². The van der Waals surface area contributed by atoms with E-state index in [0.29, 0.717) is 12.3 Å². The first-order chi connectivity index (χ1) is 6.68. The lowest BCUT2D eigenvalue weighted by Gasteiger charge is -2.25. The lowest BCUT2D eigenvalue weighted by molar-refractivity contribution is 0.0690. The van der Waals surface area contributed by atoms with Crippen molar-refractivity contribution in [2.24, 2.45) is 0 Å². The fraction of sp³-hybridized carbons (Fsp3) is 0.300. The molecular formula is C10H11NO3. The fourth-order valence-corrected chi connectivity index (χ4v) is 1.47. The van der Waals surface area contributed by atoms with Crippen LogP contribution in [0.15, 0.2) is 18.2 Å². The second-order valence-electron chi connectivity index (χ2n) is 3.30. The summed E-state index contributed by atoms with van der Waals surface area (Å²) >= 11 is 0. The molecule has 0 aromatic heterocycles. The van der Waals surface area contributed by atoms with Crippen molar-refractivity contribution >= 4 is 11.7 Å². The molecular weight excluding hydrogens is 182 g/mol. The van der Waals surface area contributed by atoms with Crippen LogP contribution in [0.5, 0.6) is 5.75 Å². The van der Waals surface area contributed by atoms with E-state index in [0.717, 1.165) is 5.69 Å². The number of rotatable bonds is 1. The van der Waals surface area contributed by atoms with Gasteiger partial charge >= 0.3 is 5.97 Å². The molecule has 0 bridgehead atoms. The zero-order valence-electron chi connectivity index (χ0n) is 7.78. The number of ether oxygens (including phenoxy) is 1. The largest absolute Gasteiger partial charge is 0.486 e. The minimum Gasteiger partial charge on any atom is -0.486 e. The average Bonchev–Trinajstić information content (AvgIpc) is 2.16. The first-order valence-electron chi connectivity index (χ1n) is 4.45. The van der Waals surface area contributed by atoms with Crippen LogP contribution in [0.4, 0.5) is 5.69 Å². The quantitative estimate of drug-likeness (QED) is 0.710. The topological polar surface area (TPSA) is 58.6 Å². The van der Waals surface area contributed by atoms with Gasteiger partial charge in [-0.05, 0) is 19.1 Å². The van der Waals surface area contributed by atoms with Crippen molar-refractivity contribution in [2.75, 3.05) is 11.9 Å². The Morgan fingerprint density at radius 3 is 3.14 bits per heavy atom. The van der Waals surface area contributed by atoms with Gasteiger partial charge in [0.2, 0.25) is 0 Å². The summed E-state index contributed by atoms with van der Waals surface area (Å²) in [6.45, 7) is 2.60. The van der Waals surface area contributed by atoms with Crippen molar-refractivity contribution in [3.05, 3.63) is 23.8 Å². The van der Waals surface area contributed by atoms with Gasteiger partial charge in [0.25, 0.3) is 0 Å². The maximum Gasteiger partial charge on any atom is 0.339 e. The second kappa shape index (κ2) is 3.21. The van der Waals surface area contributed by atoms with Gasteiger partial charge in [-0.25, -0.2) is 4.79 Å². The van der Waals surface area contributed by atoms with Gasteiger partial charge in [-0.2, -0.15) is 0 Å². The van der Waals surface area contributed by atoms with Crippen molar-refractivity contribution in [3.8, 4) is 5.75 Å². The fourth-order valence-electron chi connectivity index (χ4n) is 1.47. The van der Waals surface area contributed by atoms with Gasteiger partial charge in [-0.15, -0.1) is 0 Å². The monoisotopic (exact) mass is 193 g/mol. The Labute approximate surface area is 81.5 Å². The van der Waals surface area contributed by atoms with Crippen molar-refractivity contribution in [1.82, 2.24) is 0 Å². The molecule has 1 atom stereocenters. The van der Waals surface area contributed by atoms with E-state index in [4.69, 9.17) is 9.84 Å². The Morgan fingerprint density at radius 1 is 1.64 bits per heavy atom. The van der Waals surface area contributed by atoms with Gasteiger partial charge in [0.15, 0.2) is 5.75 Å². The standard InChI is InChI=1S/C10H11NO3/c1-6-5-11-8-4-2-3-7(10(12)13)9(8)14-6/h2-4,6,11H,5H2,1H3,(H,12,13). The highest BCUT2D eigenvalue weighted by Gasteiger charge is 2.21. The van der Waals surface area contributed by atoms with Gasteiger partial charge in [-0.3, -0.25) is 0 Å². The molecule has 1 aliphatic rings. The molecule has 0 amide bonds. The summed E-state index contributed by atoms with van der Waals surface area (Å²) in [4.78, 5) is 10.9. The van der Waals surface area contributed by atoms with Crippen LogP contribution >= 0.6 is 0 Å². The van der Waals surface area contributed by atoms with Crippen LogP contribution in [0, 0.1) is 0 Å². The number of benzene rings is 1. The number of nitrogens with one attached hydrogen (secondary N) is 1. The maximum absolute atomic E-state index is 10.9. The van der Waals surface area contributed by atoms with Crippen molar-refractivity contribution in [1.29, 1.82) is 0 Å². The summed E-state index contributed by atoms with van der Waals surface area (Å²) in [5.74, 6) is -0.517. The van der Waals surface area contributed by atoms with E-state index in [1.165, 1.54) is 0 Å². The number of aromatic carboxylic acids is 1. The minimum absolute atomic E-state index is 0.00278. The normalized spacial score (nSPS) is 19.1. The van der Waals surface area contributed by atoms with E-state index >= 15 is 0 Å². The number of carboxylic acids is 1. The lowest BCUT2D eigenvalue weighted by atomic mass is 10.1. The molecule has 1 heterocycles. The molecule has 2 rings (SSSR count). The highest BCUT2D eigenvalue weighted by Crippen LogP contribution is 2.32. The molecule has 0 radical (unpaired) electrons. The lowest BCUT2D eigenvalue weighted by Crippen LogP contribution is -2.28. The van der Waals surface area contributed by atoms with E-state index in [-0.39, 0.29) is 11.7 Å². The number of carboxylic acid groups (broad SMARTS) is 1. The third-order valence-corrected chi connectivity index (χ3v) is 2.14. The van der Waals surface area contributed by atoms with Crippen LogP contribution in [0.25, 0.3) is 0 Å². The first kappa shape index (κ1) is 8.87. The second-order valence-corrected chi connectivity index (χ2v) is 3.30. The van der Waals surface area contributed by atoms with Crippen molar-refractivity contribution < 1.29 is 14.6 Å². The Kier molecular flexibility index (Phi) is 2.04.